The van der Waals surface area contributed by atoms with Crippen molar-refractivity contribution in [3.05, 3.63) is 65.7 Å². The highest BCUT2D eigenvalue weighted by atomic mass is 32.2. The Bertz CT molecular complexity index is 1140. The fourth-order valence-corrected chi connectivity index (χ4v) is 4.04. The molecule has 4 rings (SSSR count). The minimum Gasteiger partial charge on any atom is -0.325 e. The van der Waals surface area contributed by atoms with Crippen molar-refractivity contribution in [1.82, 2.24) is 14.6 Å². The van der Waals surface area contributed by atoms with Crippen LogP contribution in [0.2, 0.25) is 0 Å². The summed E-state index contributed by atoms with van der Waals surface area (Å²) in [5.74, 6) is -0.0592. The van der Waals surface area contributed by atoms with Crippen LogP contribution in [0.5, 0.6) is 0 Å². The topological polar surface area (TPSA) is 59.3 Å². The molecule has 0 saturated heterocycles. The van der Waals surface area contributed by atoms with E-state index in [2.05, 4.69) is 52.0 Å². The van der Waals surface area contributed by atoms with E-state index < -0.39 is 0 Å². The first-order chi connectivity index (χ1) is 13.0. The summed E-state index contributed by atoms with van der Waals surface area (Å²) in [6, 6.07) is 17.8. The quantitative estimate of drug-likeness (QED) is 0.528. The minimum absolute atomic E-state index is 0.0592. The summed E-state index contributed by atoms with van der Waals surface area (Å²) in [5.41, 5.74) is 5.00. The fourth-order valence-electron chi connectivity index (χ4n) is 3.18. The molecule has 1 atom stereocenters. The van der Waals surface area contributed by atoms with Crippen LogP contribution in [0.1, 0.15) is 18.1 Å². The van der Waals surface area contributed by atoms with Crippen LogP contribution in [0.25, 0.3) is 16.6 Å². The molecule has 0 bridgehead atoms. The van der Waals surface area contributed by atoms with Gasteiger partial charge in [0.1, 0.15) is 0 Å². The first-order valence-electron chi connectivity index (χ1n) is 8.81. The highest BCUT2D eigenvalue weighted by Gasteiger charge is 2.20. The lowest BCUT2D eigenvalue weighted by Crippen LogP contribution is -2.22. The Kier molecular flexibility index (Phi) is 4.58. The van der Waals surface area contributed by atoms with Crippen LogP contribution < -0.4 is 5.32 Å². The van der Waals surface area contributed by atoms with Crippen LogP contribution in [0.15, 0.2) is 59.8 Å². The maximum Gasteiger partial charge on any atom is 0.237 e. The Balaban J connectivity index is 1.69. The molecule has 5 nitrogen and oxygen atoms in total. The van der Waals surface area contributed by atoms with Crippen LogP contribution >= 0.6 is 11.8 Å². The first-order valence-corrected chi connectivity index (χ1v) is 9.69. The lowest BCUT2D eigenvalue weighted by molar-refractivity contribution is -0.115. The third-order valence-electron chi connectivity index (χ3n) is 4.58. The summed E-state index contributed by atoms with van der Waals surface area (Å²) < 4.78 is 2.05. The second kappa shape index (κ2) is 7.04. The number of thioether (sulfide) groups is 1. The number of para-hydroxylation sites is 2. The van der Waals surface area contributed by atoms with E-state index in [0.29, 0.717) is 0 Å². The van der Waals surface area contributed by atoms with E-state index in [1.54, 1.807) is 0 Å². The van der Waals surface area contributed by atoms with Crippen LogP contribution in [0.4, 0.5) is 5.69 Å². The molecule has 0 spiro atoms. The van der Waals surface area contributed by atoms with Crippen molar-refractivity contribution in [1.29, 1.82) is 0 Å². The van der Waals surface area contributed by atoms with Crippen molar-refractivity contribution in [2.45, 2.75) is 31.2 Å². The molecule has 0 radical (unpaired) electrons. The predicted molar refractivity (Wildman–Crippen MR) is 110 cm³/mol. The average molecular weight is 376 g/mol. The van der Waals surface area contributed by atoms with E-state index in [4.69, 9.17) is 0 Å². The molecule has 1 unspecified atom stereocenters. The molecule has 27 heavy (non-hydrogen) atoms. The maximum absolute atomic E-state index is 12.6. The SMILES string of the molecule is Cc1cc2nnc(SC(C)C(=O)Nc3ccccc3)n2c2c(C)cccc12. The molecule has 0 aliphatic carbocycles. The summed E-state index contributed by atoms with van der Waals surface area (Å²) >= 11 is 1.41. The number of amides is 1. The van der Waals surface area contributed by atoms with Crippen LogP contribution in [0, 0.1) is 13.8 Å². The summed E-state index contributed by atoms with van der Waals surface area (Å²) in [6.45, 7) is 6.05. The number of benzene rings is 2. The molecule has 0 aliphatic rings. The molecule has 0 aliphatic heterocycles. The number of hydrogen-bond acceptors (Lipinski definition) is 4. The van der Waals surface area contributed by atoms with Crippen molar-refractivity contribution in [3.8, 4) is 0 Å². The van der Waals surface area contributed by atoms with Gasteiger partial charge in [0.15, 0.2) is 10.8 Å². The highest BCUT2D eigenvalue weighted by Crippen LogP contribution is 2.30. The Labute approximate surface area is 161 Å². The molecule has 0 saturated carbocycles. The summed E-state index contributed by atoms with van der Waals surface area (Å²) in [4.78, 5) is 12.6. The molecule has 0 fully saturated rings. The van der Waals surface area contributed by atoms with Gasteiger partial charge in [-0.25, -0.2) is 0 Å². The number of rotatable bonds is 4. The molecular weight excluding hydrogens is 356 g/mol. The van der Waals surface area contributed by atoms with E-state index in [9.17, 15) is 4.79 Å². The van der Waals surface area contributed by atoms with Crippen LogP contribution in [-0.4, -0.2) is 25.8 Å². The lowest BCUT2D eigenvalue weighted by Gasteiger charge is -2.13. The molecule has 2 aromatic carbocycles. The number of aryl methyl sites for hydroxylation is 2. The Morgan fingerprint density at radius 1 is 1.04 bits per heavy atom. The first kappa shape index (κ1) is 17.5. The number of fused-ring (bicyclic) bond motifs is 3. The monoisotopic (exact) mass is 376 g/mol. The summed E-state index contributed by atoms with van der Waals surface area (Å²) in [5, 5.41) is 13.2. The number of nitrogens with zero attached hydrogens (tertiary/aromatic N) is 3. The standard InChI is InChI=1S/C21H20N4OS/c1-13-8-7-11-17-14(2)12-18-23-24-21(25(18)19(13)17)27-15(3)20(26)22-16-9-5-4-6-10-16/h4-12,15H,1-3H3,(H,22,26). The summed E-state index contributed by atoms with van der Waals surface area (Å²) in [6.07, 6.45) is 0. The number of carbonyl (C=O) groups is 1. The van der Waals surface area contributed by atoms with Gasteiger partial charge in [-0.15, -0.1) is 10.2 Å². The van der Waals surface area contributed by atoms with Gasteiger partial charge in [0.05, 0.1) is 10.8 Å². The Morgan fingerprint density at radius 3 is 2.59 bits per heavy atom. The second-order valence-corrected chi connectivity index (χ2v) is 7.90. The molecule has 6 heteroatoms. The van der Waals surface area contributed by atoms with Crippen molar-refractivity contribution >= 4 is 39.9 Å². The number of nitrogens with one attached hydrogen (secondary N) is 1. The Hall–Kier alpha value is -2.86. The zero-order valence-electron chi connectivity index (χ0n) is 15.4. The van der Waals surface area contributed by atoms with Gasteiger partial charge < -0.3 is 5.32 Å². The van der Waals surface area contributed by atoms with E-state index in [1.165, 1.54) is 22.7 Å². The Morgan fingerprint density at radius 2 is 1.81 bits per heavy atom. The second-order valence-electron chi connectivity index (χ2n) is 6.59. The molecule has 2 heterocycles. The molecule has 2 aromatic heterocycles. The normalized spacial score (nSPS) is 12.4. The molecule has 1 amide bonds. The van der Waals surface area contributed by atoms with Gasteiger partial charge in [-0.1, -0.05) is 48.2 Å². The van der Waals surface area contributed by atoms with E-state index in [-0.39, 0.29) is 11.2 Å². The highest BCUT2D eigenvalue weighted by molar-refractivity contribution is 8.00. The zero-order chi connectivity index (χ0) is 19.0. The lowest BCUT2D eigenvalue weighted by atomic mass is 10.1. The van der Waals surface area contributed by atoms with Gasteiger partial charge >= 0.3 is 0 Å². The fraction of sp³-hybridized carbons (Fsp3) is 0.190. The van der Waals surface area contributed by atoms with Gasteiger partial charge in [-0.05, 0) is 50.1 Å². The largest absolute Gasteiger partial charge is 0.325 e. The molecule has 136 valence electrons. The molecule has 4 aromatic rings. The maximum atomic E-state index is 12.6. The van der Waals surface area contributed by atoms with Gasteiger partial charge in [-0.2, -0.15) is 0 Å². The molecule has 1 N–H and O–H groups in total. The summed E-state index contributed by atoms with van der Waals surface area (Å²) in [7, 11) is 0. The number of aromatic nitrogens is 3. The van der Waals surface area contributed by atoms with Crippen LogP contribution in [0.3, 0.4) is 0 Å². The minimum atomic E-state index is -0.307. The van der Waals surface area contributed by atoms with Gasteiger partial charge in [0, 0.05) is 11.1 Å². The third-order valence-corrected chi connectivity index (χ3v) is 5.63. The van der Waals surface area contributed by atoms with Crippen LogP contribution in [-0.2, 0) is 4.79 Å². The molecular formula is C21H20N4OS. The van der Waals surface area contributed by atoms with E-state index >= 15 is 0 Å². The number of pyridine rings is 1. The van der Waals surface area contributed by atoms with Crippen molar-refractivity contribution < 1.29 is 4.79 Å². The van der Waals surface area contributed by atoms with Gasteiger partial charge in [0.2, 0.25) is 5.91 Å². The number of anilines is 1. The van der Waals surface area contributed by atoms with E-state index in [0.717, 1.165) is 27.6 Å². The van der Waals surface area contributed by atoms with Crippen molar-refractivity contribution in [2.24, 2.45) is 0 Å². The average Bonchev–Trinajstić information content (AvgIpc) is 3.05. The zero-order valence-corrected chi connectivity index (χ0v) is 16.2. The predicted octanol–water partition coefficient (Wildman–Crippen LogP) is 4.62. The van der Waals surface area contributed by atoms with Crippen molar-refractivity contribution in [3.63, 3.8) is 0 Å². The number of hydrogen-bond donors (Lipinski definition) is 1. The van der Waals surface area contributed by atoms with Gasteiger partial charge in [0.25, 0.3) is 0 Å². The number of carbonyl (C=O) groups excluding carboxylic acids is 1. The van der Waals surface area contributed by atoms with E-state index in [1.807, 2.05) is 43.3 Å². The third kappa shape index (κ3) is 3.28. The van der Waals surface area contributed by atoms with Crippen molar-refractivity contribution in [2.75, 3.05) is 5.32 Å². The van der Waals surface area contributed by atoms with Gasteiger partial charge in [-0.3, -0.25) is 9.20 Å². The smallest absolute Gasteiger partial charge is 0.237 e.